The zero-order valence-corrected chi connectivity index (χ0v) is 22.0. The molecule has 0 bridgehead atoms. The van der Waals surface area contributed by atoms with Crippen molar-refractivity contribution in [1.29, 1.82) is 0 Å². The molecular weight excluding hydrogens is 490 g/mol. The van der Waals surface area contributed by atoms with E-state index < -0.39 is 17.6 Å². The first-order valence-corrected chi connectivity index (χ1v) is 13.7. The lowest BCUT2D eigenvalue weighted by Crippen LogP contribution is -2.37. The molecular formula is C33H31NO3S. The van der Waals surface area contributed by atoms with E-state index in [2.05, 4.69) is 66.0 Å². The molecule has 0 saturated heterocycles. The van der Waals surface area contributed by atoms with Gasteiger partial charge in [-0.25, -0.2) is 0 Å². The van der Waals surface area contributed by atoms with E-state index in [0.717, 1.165) is 16.7 Å². The minimum absolute atomic E-state index is 0.284. The van der Waals surface area contributed by atoms with Gasteiger partial charge >= 0.3 is 0 Å². The Hall–Kier alpha value is -3.77. The first-order valence-electron chi connectivity index (χ1n) is 12.8. The molecule has 0 radical (unpaired) electrons. The van der Waals surface area contributed by atoms with Gasteiger partial charge in [-0.2, -0.15) is 0 Å². The molecule has 0 spiro atoms. The fourth-order valence-electron chi connectivity index (χ4n) is 4.98. The van der Waals surface area contributed by atoms with Gasteiger partial charge in [0, 0.05) is 11.1 Å². The summed E-state index contributed by atoms with van der Waals surface area (Å²) < 4.78 is 14.1. The van der Waals surface area contributed by atoms with Crippen molar-refractivity contribution in [2.75, 3.05) is 13.2 Å². The highest BCUT2D eigenvalue weighted by atomic mass is 32.1. The highest BCUT2D eigenvalue weighted by Crippen LogP contribution is 2.40. The Morgan fingerprint density at radius 2 is 1.32 bits per heavy atom. The molecule has 1 aromatic heterocycles. The average Bonchev–Trinajstić information content (AvgIpc) is 3.46. The summed E-state index contributed by atoms with van der Waals surface area (Å²) in [5.74, 6) is -0.480. The fraction of sp³-hybridized carbons (Fsp3) is 0.182. The Bertz CT molecular complexity index is 1350. The van der Waals surface area contributed by atoms with Gasteiger partial charge < -0.3 is 15.2 Å². The molecule has 5 aromatic rings. The molecule has 0 fully saturated rings. The summed E-state index contributed by atoms with van der Waals surface area (Å²) in [4.78, 5) is 12.3. The van der Waals surface area contributed by atoms with E-state index in [9.17, 15) is 4.79 Å². The molecule has 38 heavy (non-hydrogen) atoms. The monoisotopic (exact) mass is 521 g/mol. The SMILES string of the molecule is NC(=O)C(CCOC(c1ccccc1)(c1ccccc1)c1ccccc1)OCCc1cccc2sccc12. The van der Waals surface area contributed by atoms with E-state index in [1.807, 2.05) is 54.6 Å². The normalized spacial score (nSPS) is 12.4. The third-order valence-electron chi connectivity index (χ3n) is 6.83. The van der Waals surface area contributed by atoms with E-state index in [-0.39, 0.29) is 6.61 Å². The topological polar surface area (TPSA) is 61.6 Å². The Balaban J connectivity index is 1.35. The Kier molecular flexibility index (Phi) is 8.29. The number of carbonyl (C=O) groups is 1. The van der Waals surface area contributed by atoms with Gasteiger partial charge in [0.05, 0.1) is 13.2 Å². The van der Waals surface area contributed by atoms with Gasteiger partial charge in [0.15, 0.2) is 0 Å². The minimum atomic E-state index is -0.847. The van der Waals surface area contributed by atoms with Crippen LogP contribution in [-0.4, -0.2) is 25.2 Å². The number of benzene rings is 4. The molecule has 4 nitrogen and oxygen atoms in total. The standard InChI is InChI=1S/C33H31NO3S/c34-32(35)30(36-22-19-25-11-10-18-31-29(25)21-24-38-31)20-23-37-33(26-12-4-1-5-13-26,27-14-6-2-7-15-27)28-16-8-3-9-17-28/h1-18,21,24,30H,19-20,22-23H2,(H2,34,35). The van der Waals surface area contributed by atoms with Crippen molar-refractivity contribution in [2.24, 2.45) is 5.73 Å². The van der Waals surface area contributed by atoms with Gasteiger partial charge in [0.1, 0.15) is 11.7 Å². The fourth-order valence-corrected chi connectivity index (χ4v) is 5.82. The van der Waals surface area contributed by atoms with Crippen molar-refractivity contribution in [3.05, 3.63) is 143 Å². The zero-order chi connectivity index (χ0) is 26.2. The molecule has 2 N–H and O–H groups in total. The zero-order valence-electron chi connectivity index (χ0n) is 21.2. The van der Waals surface area contributed by atoms with E-state index in [4.69, 9.17) is 15.2 Å². The molecule has 1 atom stereocenters. The molecule has 1 heterocycles. The Morgan fingerprint density at radius 1 is 0.737 bits per heavy atom. The van der Waals surface area contributed by atoms with Gasteiger partial charge in [0.2, 0.25) is 5.91 Å². The van der Waals surface area contributed by atoms with Gasteiger partial charge in [-0.05, 0) is 51.6 Å². The molecule has 1 amide bonds. The predicted octanol–water partition coefficient (Wildman–Crippen LogP) is 6.71. The van der Waals surface area contributed by atoms with Gasteiger partial charge in [-0.1, -0.05) is 103 Å². The number of amides is 1. The van der Waals surface area contributed by atoms with Crippen LogP contribution in [0.1, 0.15) is 28.7 Å². The number of thiophene rings is 1. The third-order valence-corrected chi connectivity index (χ3v) is 7.72. The molecule has 0 aliphatic carbocycles. The average molecular weight is 522 g/mol. The number of nitrogens with two attached hydrogens (primary N) is 1. The second kappa shape index (κ2) is 12.2. The highest BCUT2D eigenvalue weighted by molar-refractivity contribution is 7.17. The van der Waals surface area contributed by atoms with E-state index in [1.54, 1.807) is 11.3 Å². The number of ether oxygens (including phenoxy) is 2. The quantitative estimate of drug-likeness (QED) is 0.186. The van der Waals surface area contributed by atoms with Crippen LogP contribution in [0.25, 0.3) is 10.1 Å². The number of carbonyl (C=O) groups excluding carboxylic acids is 1. The molecule has 5 heteroatoms. The van der Waals surface area contributed by atoms with Crippen LogP contribution < -0.4 is 5.73 Å². The van der Waals surface area contributed by atoms with Gasteiger partial charge in [-0.15, -0.1) is 11.3 Å². The molecule has 5 rings (SSSR count). The van der Waals surface area contributed by atoms with Crippen molar-refractivity contribution in [1.82, 2.24) is 0 Å². The first-order chi connectivity index (χ1) is 18.7. The summed E-state index contributed by atoms with van der Waals surface area (Å²) in [6.07, 6.45) is 0.323. The Labute approximate surface area is 227 Å². The highest BCUT2D eigenvalue weighted by Gasteiger charge is 2.37. The van der Waals surface area contributed by atoms with Crippen LogP contribution in [0.2, 0.25) is 0 Å². The summed E-state index contributed by atoms with van der Waals surface area (Å²) >= 11 is 1.72. The Morgan fingerprint density at radius 3 is 1.87 bits per heavy atom. The molecule has 1 unspecified atom stereocenters. The summed E-state index contributed by atoms with van der Waals surface area (Å²) in [5.41, 5.74) is 9.15. The molecule has 0 aliphatic heterocycles. The van der Waals surface area contributed by atoms with E-state index in [0.29, 0.717) is 19.4 Å². The summed E-state index contributed by atoms with van der Waals surface area (Å²) in [6, 6.07) is 39.0. The maximum atomic E-state index is 12.3. The second-order valence-electron chi connectivity index (χ2n) is 9.18. The van der Waals surface area contributed by atoms with Crippen LogP contribution in [0.4, 0.5) is 0 Å². The smallest absolute Gasteiger partial charge is 0.246 e. The van der Waals surface area contributed by atoms with E-state index >= 15 is 0 Å². The minimum Gasteiger partial charge on any atom is -0.368 e. The molecule has 0 saturated carbocycles. The lowest BCUT2D eigenvalue weighted by atomic mass is 9.80. The van der Waals surface area contributed by atoms with Crippen LogP contribution in [0.5, 0.6) is 0 Å². The summed E-state index contributed by atoms with van der Waals surface area (Å²) in [7, 11) is 0. The lowest BCUT2D eigenvalue weighted by Gasteiger charge is -2.36. The third kappa shape index (κ3) is 5.55. The number of primary amides is 1. The molecule has 0 aliphatic rings. The second-order valence-corrected chi connectivity index (χ2v) is 10.1. The first kappa shape index (κ1) is 25.9. The van der Waals surface area contributed by atoms with Gasteiger partial charge in [-0.3, -0.25) is 4.79 Å². The van der Waals surface area contributed by atoms with Crippen LogP contribution in [0.3, 0.4) is 0 Å². The van der Waals surface area contributed by atoms with E-state index in [1.165, 1.54) is 15.6 Å². The maximum Gasteiger partial charge on any atom is 0.246 e. The van der Waals surface area contributed by atoms with Gasteiger partial charge in [0.25, 0.3) is 0 Å². The van der Waals surface area contributed by atoms with Crippen molar-refractivity contribution >= 4 is 27.3 Å². The van der Waals surface area contributed by atoms with Crippen LogP contribution in [0.15, 0.2) is 121 Å². The number of fused-ring (bicyclic) bond motifs is 1. The van der Waals surface area contributed by atoms with Crippen LogP contribution in [-0.2, 0) is 26.3 Å². The van der Waals surface area contributed by atoms with Crippen molar-refractivity contribution in [3.63, 3.8) is 0 Å². The predicted molar refractivity (Wildman–Crippen MR) is 154 cm³/mol. The van der Waals surface area contributed by atoms with Crippen LogP contribution >= 0.6 is 11.3 Å². The summed E-state index contributed by atoms with van der Waals surface area (Å²) in [5, 5.41) is 3.33. The summed E-state index contributed by atoms with van der Waals surface area (Å²) in [6.45, 7) is 0.691. The van der Waals surface area contributed by atoms with Crippen molar-refractivity contribution in [2.45, 2.75) is 24.5 Å². The maximum absolute atomic E-state index is 12.3. The molecule has 4 aromatic carbocycles. The van der Waals surface area contributed by atoms with Crippen molar-refractivity contribution in [3.8, 4) is 0 Å². The number of hydrogen-bond donors (Lipinski definition) is 1. The lowest BCUT2D eigenvalue weighted by molar-refractivity contribution is -0.131. The van der Waals surface area contributed by atoms with Crippen molar-refractivity contribution < 1.29 is 14.3 Å². The molecule has 192 valence electrons. The largest absolute Gasteiger partial charge is 0.368 e. The van der Waals surface area contributed by atoms with Crippen LogP contribution in [0, 0.1) is 0 Å². The number of rotatable bonds is 12. The number of hydrogen-bond acceptors (Lipinski definition) is 4.